The monoisotopic (exact) mass is 194 g/mol. The van der Waals surface area contributed by atoms with Crippen molar-refractivity contribution in [1.82, 2.24) is 0 Å². The summed E-state index contributed by atoms with van der Waals surface area (Å²) in [6.07, 6.45) is 3.74. The summed E-state index contributed by atoms with van der Waals surface area (Å²) < 4.78 is 5.55. The fourth-order valence-corrected chi connectivity index (χ4v) is 1.86. The van der Waals surface area contributed by atoms with Crippen LogP contribution in [0.3, 0.4) is 0 Å². The molecule has 0 N–H and O–H groups in total. The third-order valence-corrected chi connectivity index (χ3v) is 2.58. The summed E-state index contributed by atoms with van der Waals surface area (Å²) in [6.45, 7) is 0. The van der Waals surface area contributed by atoms with Gasteiger partial charge in [0.1, 0.15) is 5.75 Å². The van der Waals surface area contributed by atoms with Crippen LogP contribution >= 0.6 is 0 Å². The van der Waals surface area contributed by atoms with Crippen molar-refractivity contribution in [2.75, 3.05) is 0 Å². The second-order valence-corrected chi connectivity index (χ2v) is 3.50. The highest BCUT2D eigenvalue weighted by atomic mass is 16.5. The van der Waals surface area contributed by atoms with E-state index in [9.17, 15) is 0 Å². The molecule has 2 aromatic rings. The molecule has 0 aliphatic carbocycles. The summed E-state index contributed by atoms with van der Waals surface area (Å²) >= 11 is 0. The third-order valence-electron chi connectivity index (χ3n) is 2.58. The summed E-state index contributed by atoms with van der Waals surface area (Å²) in [7, 11) is 0. The standard InChI is InChI=1S/C14H10O/c1-2-6-12-11(5-1)9-10-15-14-8-4-3-7-13(12)14/h1-10H. The van der Waals surface area contributed by atoms with Gasteiger partial charge < -0.3 is 4.74 Å². The van der Waals surface area contributed by atoms with E-state index in [4.69, 9.17) is 4.74 Å². The van der Waals surface area contributed by atoms with Crippen LogP contribution in [-0.4, -0.2) is 0 Å². The summed E-state index contributed by atoms with van der Waals surface area (Å²) in [4.78, 5) is 0. The van der Waals surface area contributed by atoms with Gasteiger partial charge in [-0.25, -0.2) is 0 Å². The predicted octanol–water partition coefficient (Wildman–Crippen LogP) is 3.72. The van der Waals surface area contributed by atoms with Crippen molar-refractivity contribution in [3.05, 3.63) is 60.4 Å². The quantitative estimate of drug-likeness (QED) is 0.621. The van der Waals surface area contributed by atoms with E-state index in [1.54, 1.807) is 6.26 Å². The Labute approximate surface area is 88.6 Å². The summed E-state index contributed by atoms with van der Waals surface area (Å²) in [5, 5.41) is 0. The number of fused-ring (bicyclic) bond motifs is 3. The van der Waals surface area contributed by atoms with Crippen LogP contribution in [0.25, 0.3) is 17.2 Å². The van der Waals surface area contributed by atoms with Crippen LogP contribution < -0.4 is 4.74 Å². The van der Waals surface area contributed by atoms with Gasteiger partial charge in [0.05, 0.1) is 6.26 Å². The van der Waals surface area contributed by atoms with Crippen molar-refractivity contribution in [3.63, 3.8) is 0 Å². The smallest absolute Gasteiger partial charge is 0.134 e. The highest BCUT2D eigenvalue weighted by molar-refractivity contribution is 5.80. The number of para-hydroxylation sites is 1. The minimum absolute atomic E-state index is 0.915. The fraction of sp³-hybridized carbons (Fsp3) is 0. The maximum atomic E-state index is 5.55. The predicted molar refractivity (Wildman–Crippen MR) is 61.5 cm³/mol. The van der Waals surface area contributed by atoms with Gasteiger partial charge in [-0.3, -0.25) is 0 Å². The minimum atomic E-state index is 0.915. The molecule has 0 unspecified atom stereocenters. The van der Waals surface area contributed by atoms with Crippen molar-refractivity contribution in [1.29, 1.82) is 0 Å². The molecule has 0 radical (unpaired) electrons. The van der Waals surface area contributed by atoms with Gasteiger partial charge in [-0.2, -0.15) is 0 Å². The molecular formula is C14H10O. The minimum Gasteiger partial charge on any atom is -0.464 e. The molecule has 1 aliphatic rings. The van der Waals surface area contributed by atoms with Crippen LogP contribution in [0.4, 0.5) is 0 Å². The Morgan fingerprint density at radius 1 is 0.733 bits per heavy atom. The van der Waals surface area contributed by atoms with Crippen molar-refractivity contribution in [2.45, 2.75) is 0 Å². The molecule has 0 atom stereocenters. The number of ether oxygens (including phenoxy) is 1. The molecule has 1 aliphatic heterocycles. The largest absolute Gasteiger partial charge is 0.464 e. The lowest BCUT2D eigenvalue weighted by atomic mass is 9.99. The molecule has 0 aromatic heterocycles. The Kier molecular flexibility index (Phi) is 1.82. The van der Waals surface area contributed by atoms with Crippen LogP contribution in [0.5, 0.6) is 5.75 Å². The zero-order valence-electron chi connectivity index (χ0n) is 8.18. The number of hydrogen-bond donors (Lipinski definition) is 0. The number of benzene rings is 2. The van der Waals surface area contributed by atoms with E-state index in [0.29, 0.717) is 0 Å². The number of rotatable bonds is 0. The highest BCUT2D eigenvalue weighted by Crippen LogP contribution is 2.34. The fourth-order valence-electron chi connectivity index (χ4n) is 1.86. The topological polar surface area (TPSA) is 9.23 Å². The van der Waals surface area contributed by atoms with Gasteiger partial charge in [0.15, 0.2) is 0 Å². The molecule has 15 heavy (non-hydrogen) atoms. The first kappa shape index (κ1) is 8.30. The lowest BCUT2D eigenvalue weighted by Crippen LogP contribution is -1.84. The van der Waals surface area contributed by atoms with Crippen LogP contribution in [0.15, 0.2) is 54.8 Å². The van der Waals surface area contributed by atoms with Gasteiger partial charge in [0.2, 0.25) is 0 Å². The molecule has 1 heteroatoms. The van der Waals surface area contributed by atoms with Crippen molar-refractivity contribution in [2.24, 2.45) is 0 Å². The van der Waals surface area contributed by atoms with E-state index in [1.165, 1.54) is 11.1 Å². The highest BCUT2D eigenvalue weighted by Gasteiger charge is 2.10. The molecule has 0 spiro atoms. The molecule has 0 saturated carbocycles. The molecule has 72 valence electrons. The lowest BCUT2D eigenvalue weighted by molar-refractivity contribution is 0.488. The van der Waals surface area contributed by atoms with E-state index < -0.39 is 0 Å². The van der Waals surface area contributed by atoms with Crippen LogP contribution in [0.2, 0.25) is 0 Å². The zero-order valence-corrected chi connectivity index (χ0v) is 8.18. The van der Waals surface area contributed by atoms with Gasteiger partial charge in [-0.05, 0) is 23.3 Å². The Bertz CT molecular complexity index is 526. The van der Waals surface area contributed by atoms with Gasteiger partial charge in [0, 0.05) is 5.56 Å². The van der Waals surface area contributed by atoms with Crippen LogP contribution in [0, 0.1) is 0 Å². The Hall–Kier alpha value is -2.02. The molecule has 0 bridgehead atoms. The molecule has 0 saturated heterocycles. The van der Waals surface area contributed by atoms with Crippen molar-refractivity contribution in [3.8, 4) is 16.9 Å². The normalized spacial score (nSPS) is 12.3. The van der Waals surface area contributed by atoms with E-state index in [2.05, 4.69) is 24.3 Å². The second kappa shape index (κ2) is 3.28. The Morgan fingerprint density at radius 2 is 1.47 bits per heavy atom. The van der Waals surface area contributed by atoms with Gasteiger partial charge in [-0.1, -0.05) is 42.5 Å². The summed E-state index contributed by atoms with van der Waals surface area (Å²) in [5.74, 6) is 0.915. The molecule has 1 heterocycles. The third kappa shape index (κ3) is 1.33. The maximum Gasteiger partial charge on any atom is 0.134 e. The van der Waals surface area contributed by atoms with Crippen molar-refractivity contribution < 1.29 is 4.74 Å². The molecule has 0 fully saturated rings. The first-order valence-corrected chi connectivity index (χ1v) is 4.97. The molecule has 0 amide bonds. The zero-order chi connectivity index (χ0) is 10.1. The average molecular weight is 194 g/mol. The maximum absolute atomic E-state index is 5.55. The first-order chi connectivity index (χ1) is 7.45. The Morgan fingerprint density at radius 3 is 2.40 bits per heavy atom. The number of hydrogen-bond acceptors (Lipinski definition) is 1. The summed E-state index contributed by atoms with van der Waals surface area (Å²) in [6, 6.07) is 16.4. The van der Waals surface area contributed by atoms with E-state index in [0.717, 1.165) is 11.3 Å². The molecular weight excluding hydrogens is 184 g/mol. The second-order valence-electron chi connectivity index (χ2n) is 3.50. The van der Waals surface area contributed by atoms with Gasteiger partial charge in [0.25, 0.3) is 0 Å². The van der Waals surface area contributed by atoms with E-state index in [-0.39, 0.29) is 0 Å². The van der Waals surface area contributed by atoms with E-state index >= 15 is 0 Å². The average Bonchev–Trinajstić information content (AvgIpc) is 2.48. The first-order valence-electron chi connectivity index (χ1n) is 4.97. The lowest BCUT2D eigenvalue weighted by Gasteiger charge is -2.07. The van der Waals surface area contributed by atoms with Crippen molar-refractivity contribution >= 4 is 6.08 Å². The van der Waals surface area contributed by atoms with Crippen LogP contribution in [0.1, 0.15) is 5.56 Å². The van der Waals surface area contributed by atoms with Crippen LogP contribution in [-0.2, 0) is 0 Å². The molecule has 1 nitrogen and oxygen atoms in total. The van der Waals surface area contributed by atoms with Gasteiger partial charge >= 0.3 is 0 Å². The van der Waals surface area contributed by atoms with Gasteiger partial charge in [-0.15, -0.1) is 0 Å². The molecule has 3 rings (SSSR count). The Balaban J connectivity index is 2.33. The SMILES string of the molecule is C1=Cc2ccccc2-c2ccccc2O1. The summed E-state index contributed by atoms with van der Waals surface area (Å²) in [5.41, 5.74) is 3.57. The molecule has 2 aromatic carbocycles. The van der Waals surface area contributed by atoms with E-state index in [1.807, 2.05) is 30.3 Å².